The van der Waals surface area contributed by atoms with Crippen LogP contribution in [0.5, 0.6) is 0 Å². The van der Waals surface area contributed by atoms with Crippen LogP contribution in [0.3, 0.4) is 0 Å². The standard InChI is InChI=1S/C27H37N3O2/c28-13-23-14-29(24(31)26-7-17-1-18(8-26)3-19(2-17)9-26)16-30(15-23)25(32)27-10-20-4-21(11-27)6-22(5-20)12-27/h17-23H,1-12,14-16H2. The molecule has 8 bridgehead atoms. The Hall–Kier alpha value is -1.57. The molecule has 0 aromatic carbocycles. The van der Waals surface area contributed by atoms with E-state index in [4.69, 9.17) is 0 Å². The highest BCUT2D eigenvalue weighted by molar-refractivity contribution is 5.86. The van der Waals surface area contributed by atoms with Gasteiger partial charge in [-0.2, -0.15) is 5.26 Å². The highest BCUT2D eigenvalue weighted by Crippen LogP contribution is 2.62. The van der Waals surface area contributed by atoms with E-state index >= 15 is 0 Å². The minimum atomic E-state index is -0.250. The Morgan fingerprint density at radius 2 is 0.938 bits per heavy atom. The van der Waals surface area contributed by atoms with Crippen molar-refractivity contribution in [1.82, 2.24) is 9.80 Å². The number of rotatable bonds is 2. The second kappa shape index (κ2) is 6.73. The van der Waals surface area contributed by atoms with Crippen LogP contribution < -0.4 is 0 Å². The highest BCUT2D eigenvalue weighted by atomic mass is 16.2. The highest BCUT2D eigenvalue weighted by Gasteiger charge is 2.58. The molecule has 0 spiro atoms. The van der Waals surface area contributed by atoms with E-state index in [9.17, 15) is 14.9 Å². The van der Waals surface area contributed by atoms with E-state index in [2.05, 4.69) is 6.07 Å². The van der Waals surface area contributed by atoms with E-state index in [0.717, 1.165) is 74.0 Å². The third-order valence-corrected chi connectivity index (χ3v) is 11.0. The second-order valence-electron chi connectivity index (χ2n) is 13.4. The molecule has 8 aliphatic carbocycles. The number of hydrogen-bond donors (Lipinski definition) is 0. The molecule has 5 nitrogen and oxygen atoms in total. The van der Waals surface area contributed by atoms with Crippen molar-refractivity contribution in [3.8, 4) is 6.07 Å². The lowest BCUT2D eigenvalue weighted by molar-refractivity contribution is -0.171. The summed E-state index contributed by atoms with van der Waals surface area (Å²) in [6, 6.07) is 2.43. The van der Waals surface area contributed by atoms with E-state index < -0.39 is 0 Å². The van der Waals surface area contributed by atoms with Gasteiger partial charge in [0.15, 0.2) is 0 Å². The smallest absolute Gasteiger partial charge is 0.230 e. The van der Waals surface area contributed by atoms with Crippen molar-refractivity contribution in [2.24, 2.45) is 52.3 Å². The van der Waals surface area contributed by atoms with Gasteiger partial charge in [-0.05, 0) is 113 Å². The molecule has 0 aromatic heterocycles. The van der Waals surface area contributed by atoms with Crippen molar-refractivity contribution in [3.63, 3.8) is 0 Å². The molecule has 32 heavy (non-hydrogen) atoms. The summed E-state index contributed by atoms with van der Waals surface area (Å²) >= 11 is 0. The van der Waals surface area contributed by atoms with Crippen LogP contribution in [0.25, 0.3) is 0 Å². The number of hydrogen-bond acceptors (Lipinski definition) is 3. The lowest BCUT2D eigenvalue weighted by atomic mass is 9.49. The van der Waals surface area contributed by atoms with E-state index in [1.807, 2.05) is 9.80 Å². The predicted molar refractivity (Wildman–Crippen MR) is 119 cm³/mol. The van der Waals surface area contributed by atoms with Crippen LogP contribution in [0.4, 0.5) is 0 Å². The first-order valence-corrected chi connectivity index (χ1v) is 13.4. The first-order chi connectivity index (χ1) is 15.4. The summed E-state index contributed by atoms with van der Waals surface area (Å²) in [5.41, 5.74) is -0.386. The monoisotopic (exact) mass is 435 g/mol. The molecular weight excluding hydrogens is 398 g/mol. The quantitative estimate of drug-likeness (QED) is 0.653. The van der Waals surface area contributed by atoms with Crippen molar-refractivity contribution < 1.29 is 9.59 Å². The van der Waals surface area contributed by atoms with Gasteiger partial charge in [-0.15, -0.1) is 0 Å². The molecule has 172 valence electrons. The van der Waals surface area contributed by atoms with Crippen molar-refractivity contribution in [1.29, 1.82) is 5.26 Å². The Labute approximate surface area is 191 Å². The van der Waals surface area contributed by atoms with Gasteiger partial charge < -0.3 is 9.80 Å². The van der Waals surface area contributed by atoms with Crippen LogP contribution in [0, 0.1) is 63.6 Å². The van der Waals surface area contributed by atoms with Crippen molar-refractivity contribution in [2.45, 2.75) is 77.0 Å². The van der Waals surface area contributed by atoms with Crippen LogP contribution in [0.1, 0.15) is 77.0 Å². The normalized spacial score (nSPS) is 50.5. The maximum absolute atomic E-state index is 14.0. The van der Waals surface area contributed by atoms with E-state index in [1.165, 1.54) is 38.5 Å². The number of nitriles is 1. The Balaban J connectivity index is 1.14. The molecule has 0 unspecified atom stereocenters. The summed E-state index contributed by atoms with van der Waals surface area (Å²) in [7, 11) is 0. The van der Waals surface area contributed by atoms with Crippen molar-refractivity contribution >= 4 is 11.8 Å². The van der Waals surface area contributed by atoms with E-state index in [-0.39, 0.29) is 28.6 Å². The van der Waals surface area contributed by atoms with Crippen molar-refractivity contribution in [2.75, 3.05) is 19.8 Å². The molecule has 1 aliphatic heterocycles. The predicted octanol–water partition coefficient (Wildman–Crippen LogP) is 4.19. The fourth-order valence-electron chi connectivity index (χ4n) is 10.7. The summed E-state index contributed by atoms with van der Waals surface area (Å²) in [6.45, 7) is 1.46. The van der Waals surface area contributed by atoms with Gasteiger partial charge in [0.25, 0.3) is 0 Å². The van der Waals surface area contributed by atoms with Gasteiger partial charge in [-0.3, -0.25) is 9.59 Å². The fourth-order valence-corrected chi connectivity index (χ4v) is 10.7. The van der Waals surface area contributed by atoms with Gasteiger partial charge in [-0.25, -0.2) is 0 Å². The molecule has 9 rings (SSSR count). The maximum atomic E-state index is 14.0. The second-order valence-corrected chi connectivity index (χ2v) is 13.4. The minimum Gasteiger partial charge on any atom is -0.323 e. The van der Waals surface area contributed by atoms with Gasteiger partial charge >= 0.3 is 0 Å². The molecule has 1 heterocycles. The van der Waals surface area contributed by atoms with E-state index in [0.29, 0.717) is 19.8 Å². The van der Waals surface area contributed by atoms with Gasteiger partial charge in [0.2, 0.25) is 11.8 Å². The Bertz CT molecular complexity index is 753. The molecule has 5 heteroatoms. The lowest BCUT2D eigenvalue weighted by Gasteiger charge is -2.58. The number of amides is 2. The maximum Gasteiger partial charge on any atom is 0.230 e. The summed E-state index contributed by atoms with van der Waals surface area (Å²) in [4.78, 5) is 31.9. The Morgan fingerprint density at radius 1 is 0.625 bits per heavy atom. The summed E-state index contributed by atoms with van der Waals surface area (Å²) in [6.07, 6.45) is 14.2. The first kappa shape index (κ1) is 19.9. The number of carbonyl (C=O) groups is 2. The van der Waals surface area contributed by atoms with Crippen LogP contribution in [-0.2, 0) is 9.59 Å². The largest absolute Gasteiger partial charge is 0.323 e. The molecule has 0 aromatic rings. The van der Waals surface area contributed by atoms with Gasteiger partial charge in [0.1, 0.15) is 0 Å². The lowest BCUT2D eigenvalue weighted by Crippen LogP contribution is -2.62. The topological polar surface area (TPSA) is 64.4 Å². The average Bonchev–Trinajstić information content (AvgIpc) is 2.76. The van der Waals surface area contributed by atoms with Gasteiger partial charge in [-0.1, -0.05) is 0 Å². The number of carbonyl (C=O) groups excluding carboxylic acids is 2. The van der Waals surface area contributed by atoms with Crippen LogP contribution in [-0.4, -0.2) is 41.4 Å². The van der Waals surface area contributed by atoms with Crippen LogP contribution >= 0.6 is 0 Å². The molecule has 0 N–H and O–H groups in total. The summed E-state index contributed by atoms with van der Waals surface area (Å²) in [5, 5.41) is 9.83. The van der Waals surface area contributed by atoms with E-state index in [1.54, 1.807) is 0 Å². The molecule has 9 fully saturated rings. The van der Waals surface area contributed by atoms with Crippen LogP contribution in [0.2, 0.25) is 0 Å². The molecule has 8 saturated carbocycles. The zero-order valence-corrected chi connectivity index (χ0v) is 19.3. The van der Waals surface area contributed by atoms with Gasteiger partial charge in [0, 0.05) is 13.1 Å². The molecule has 9 aliphatic rings. The molecule has 0 atom stereocenters. The Kier molecular flexibility index (Phi) is 4.18. The first-order valence-electron chi connectivity index (χ1n) is 13.4. The third-order valence-electron chi connectivity index (χ3n) is 11.0. The average molecular weight is 436 g/mol. The summed E-state index contributed by atoms with van der Waals surface area (Å²) in [5.74, 6) is 4.67. The zero-order valence-electron chi connectivity index (χ0n) is 19.3. The summed E-state index contributed by atoms with van der Waals surface area (Å²) < 4.78 is 0. The molecular formula is C27H37N3O2. The van der Waals surface area contributed by atoms with Crippen molar-refractivity contribution in [3.05, 3.63) is 0 Å². The SMILES string of the molecule is N#CC1CN(C(=O)C23CC4CC(CC(C4)C2)C3)CN(C(=O)C23CC4CC(CC(C4)C2)C3)C1. The van der Waals surface area contributed by atoms with Crippen LogP contribution in [0.15, 0.2) is 0 Å². The minimum absolute atomic E-state index is 0.193. The molecule has 2 amide bonds. The molecule has 0 radical (unpaired) electrons. The third kappa shape index (κ3) is 2.86. The molecule has 1 saturated heterocycles. The fraction of sp³-hybridized carbons (Fsp3) is 0.889. The number of nitrogens with zero attached hydrogens (tertiary/aromatic N) is 3. The van der Waals surface area contributed by atoms with Gasteiger partial charge in [0.05, 0.1) is 29.5 Å². The zero-order chi connectivity index (χ0) is 21.7. The Morgan fingerprint density at radius 3 is 1.22 bits per heavy atom.